The molecule has 68 heavy (non-hydrogen) atoms. The molecule has 2 fully saturated rings. The number of aromatic hydroxyl groups is 1. The van der Waals surface area contributed by atoms with Crippen molar-refractivity contribution in [2.75, 3.05) is 13.6 Å². The second-order valence-electron chi connectivity index (χ2n) is 17.3. The van der Waals surface area contributed by atoms with E-state index in [0.717, 1.165) is 4.90 Å². The molecule has 376 valence electrons. The van der Waals surface area contributed by atoms with Gasteiger partial charge in [-0.15, -0.1) is 0 Å². The Balaban J connectivity index is 2.21. The number of esters is 1. The van der Waals surface area contributed by atoms with E-state index >= 15 is 0 Å². The zero-order valence-electron chi connectivity index (χ0n) is 39.0. The third-order valence-electron chi connectivity index (χ3n) is 11.2. The Kier molecular flexibility index (Phi) is 20.9. The smallest absolute Gasteiger partial charge is 0.329 e. The zero-order valence-corrected chi connectivity index (χ0v) is 39.0. The van der Waals surface area contributed by atoms with Crippen LogP contribution < -0.4 is 54.4 Å². The Morgan fingerprint density at radius 2 is 1.40 bits per heavy atom. The van der Waals surface area contributed by atoms with E-state index in [1.165, 1.54) is 52.1 Å². The molecule has 0 bridgehead atoms. The van der Waals surface area contributed by atoms with E-state index < -0.39 is 133 Å². The van der Waals surface area contributed by atoms with Gasteiger partial charge in [0.05, 0.1) is 6.10 Å². The van der Waals surface area contributed by atoms with Crippen LogP contribution in [0.1, 0.15) is 85.1 Å². The van der Waals surface area contributed by atoms with Gasteiger partial charge in [-0.05, 0) is 76.5 Å². The summed E-state index contributed by atoms with van der Waals surface area (Å²) in [4.78, 5) is 141. The number of nitrogens with zero attached hydrogens (tertiary/aromatic N) is 2. The highest BCUT2D eigenvalue weighted by molar-refractivity contribution is 5.99. The van der Waals surface area contributed by atoms with E-state index in [9.17, 15) is 58.2 Å². The van der Waals surface area contributed by atoms with Crippen molar-refractivity contribution in [1.82, 2.24) is 42.1 Å². The van der Waals surface area contributed by atoms with E-state index in [2.05, 4.69) is 42.2 Å². The number of carbonyl (C=O) groups is 10. The number of phenols is 1. The average Bonchev–Trinajstić information content (AvgIpc) is 3.71. The fraction of sp³-hybridized carbons (Fsp3) is 0.605. The third kappa shape index (κ3) is 17.0. The van der Waals surface area contributed by atoms with Crippen LogP contribution in [-0.4, -0.2) is 154 Å². The number of amides is 9. The Morgan fingerprint density at radius 3 is 1.97 bits per heavy atom. The minimum atomic E-state index is -1.84. The molecule has 1 aromatic rings. The quantitative estimate of drug-likeness (QED) is 0.0363. The number of hydrogen-bond donors (Lipinski definition) is 12. The van der Waals surface area contributed by atoms with Gasteiger partial charge in [-0.2, -0.15) is 0 Å². The van der Waals surface area contributed by atoms with Crippen LogP contribution in [0.15, 0.2) is 29.3 Å². The molecule has 0 saturated carbocycles. The van der Waals surface area contributed by atoms with E-state index in [4.69, 9.17) is 21.9 Å². The predicted octanol–water partition coefficient (Wildman–Crippen LogP) is -4.34. The fourth-order valence-corrected chi connectivity index (χ4v) is 7.21. The van der Waals surface area contributed by atoms with Crippen molar-refractivity contribution >= 4 is 65.1 Å². The maximum absolute atomic E-state index is 14.3. The first-order valence-electron chi connectivity index (χ1n) is 22.3. The molecule has 25 heteroatoms. The van der Waals surface area contributed by atoms with E-state index in [1.54, 1.807) is 13.8 Å². The second-order valence-corrected chi connectivity index (χ2v) is 17.3. The van der Waals surface area contributed by atoms with Crippen molar-refractivity contribution in [3.8, 4) is 5.75 Å². The summed E-state index contributed by atoms with van der Waals surface area (Å²) >= 11 is 0. The molecule has 10 atom stereocenters. The fourth-order valence-electron chi connectivity index (χ4n) is 7.21. The van der Waals surface area contributed by atoms with Crippen molar-refractivity contribution in [1.29, 1.82) is 0 Å². The number of cyclic esters (lactones) is 1. The third-order valence-corrected chi connectivity index (χ3v) is 11.2. The Bertz CT molecular complexity index is 2050. The maximum Gasteiger partial charge on any atom is 0.329 e. The number of carbonyl (C=O) groups excluding carboxylic acids is 10. The van der Waals surface area contributed by atoms with Crippen LogP contribution in [0.4, 0.5) is 0 Å². The first kappa shape index (κ1) is 55.3. The molecule has 0 radical (unpaired) electrons. The lowest BCUT2D eigenvalue weighted by atomic mass is 10.0. The lowest BCUT2D eigenvalue weighted by molar-refractivity contribution is -0.157. The summed E-state index contributed by atoms with van der Waals surface area (Å²) in [6.45, 7) is 7.27. The SMILES string of the molecule is CC(C)C[C@@H]1NC(=O)[C@H](C)N(C)C(=O)[C@H]([C@@H](C)O)NC(=O)[C@@H](NC(=O)[C@@H]2CCC(=O)N2)[C@@H](C)OC(=O)[C@H](CCC(N)=O)NC(=O)[C@H](Cc2ccc(O)cc2)NC(=O)[C@H](CCCN=C(N)N)NC1=O. The molecule has 25 nitrogen and oxygen atoms in total. The monoisotopic (exact) mass is 958 g/mol. The molecule has 2 heterocycles. The minimum absolute atomic E-state index is 0.00536. The summed E-state index contributed by atoms with van der Waals surface area (Å²) in [5, 5.41) is 38.4. The number of guanidine groups is 1. The predicted molar refractivity (Wildman–Crippen MR) is 242 cm³/mol. The Morgan fingerprint density at radius 1 is 0.809 bits per heavy atom. The number of primary amides is 1. The molecular weight excluding hydrogens is 893 g/mol. The highest BCUT2D eigenvalue weighted by Crippen LogP contribution is 2.16. The highest BCUT2D eigenvalue weighted by Gasteiger charge is 2.41. The summed E-state index contributed by atoms with van der Waals surface area (Å²) < 4.78 is 5.65. The zero-order chi connectivity index (χ0) is 51.0. The van der Waals surface area contributed by atoms with Crippen LogP contribution in [0.25, 0.3) is 0 Å². The maximum atomic E-state index is 14.3. The summed E-state index contributed by atoms with van der Waals surface area (Å²) in [5.41, 5.74) is 16.8. The number of likely N-dealkylation sites (N-methyl/N-ethyl adjacent to an activating group) is 1. The lowest BCUT2D eigenvalue weighted by Gasteiger charge is -2.33. The van der Waals surface area contributed by atoms with E-state index in [0.29, 0.717) is 5.56 Å². The molecule has 0 unspecified atom stereocenters. The molecule has 2 saturated heterocycles. The molecule has 2 aliphatic rings. The molecule has 0 spiro atoms. The molecule has 0 aromatic heterocycles. The van der Waals surface area contributed by atoms with Gasteiger partial charge >= 0.3 is 5.97 Å². The standard InChI is InChI=1S/C43H66N12O13/c1-20(2)18-29-38(63)49-26(8-7-17-47-43(45)46)36(61)52-30(19-24-9-11-25(57)12-10-24)39(64)50-28(13-15-31(44)58)42(67)68-23(5)34(54-37(62)27-14-16-32(59)48-27)40(65)53-33(22(4)56)41(66)55(6)21(3)35(60)51-29/h9-12,20-23,26-30,33-34,56-57H,7-8,13-19H2,1-6H3,(H2,44,58)(H,48,59)(H,49,63)(H,50,64)(H,51,60)(H,52,61)(H,53,65)(H,54,62)(H4,45,46,47)/t21-,22+,23+,26-,27-,28-,29-,30-,33-,34-/m0/s1. The second kappa shape index (κ2) is 25.7. The number of nitrogens with one attached hydrogen (secondary N) is 7. The van der Waals surface area contributed by atoms with Gasteiger partial charge in [0.25, 0.3) is 0 Å². The summed E-state index contributed by atoms with van der Waals surface area (Å²) in [6.07, 6.45) is -4.33. The molecule has 0 aliphatic carbocycles. The average molecular weight is 959 g/mol. The number of aliphatic hydroxyl groups excluding tert-OH is 1. The van der Waals surface area contributed by atoms with Crippen LogP contribution in [0.2, 0.25) is 0 Å². The number of hydrogen-bond acceptors (Lipinski definition) is 14. The van der Waals surface area contributed by atoms with Crippen molar-refractivity contribution in [3.63, 3.8) is 0 Å². The number of aliphatic hydroxyl groups is 1. The first-order chi connectivity index (χ1) is 31.9. The number of phenolic OH excluding ortho intramolecular Hbond substituents is 1. The highest BCUT2D eigenvalue weighted by atomic mass is 16.5. The van der Waals surface area contributed by atoms with Gasteiger partial charge in [-0.25, -0.2) is 4.79 Å². The number of aliphatic imine (C=N–C) groups is 1. The van der Waals surface area contributed by atoms with Crippen LogP contribution in [0.3, 0.4) is 0 Å². The molecule has 15 N–H and O–H groups in total. The van der Waals surface area contributed by atoms with E-state index in [-0.39, 0.29) is 62.7 Å². The van der Waals surface area contributed by atoms with Gasteiger partial charge in [0, 0.05) is 32.9 Å². The topological polar surface area (TPSA) is 398 Å². The van der Waals surface area contributed by atoms with Gasteiger partial charge in [-0.1, -0.05) is 26.0 Å². The van der Waals surface area contributed by atoms with Gasteiger partial charge < -0.3 is 74.3 Å². The lowest BCUT2D eigenvalue weighted by Crippen LogP contribution is -2.63. The van der Waals surface area contributed by atoms with Crippen molar-refractivity contribution < 1.29 is 62.9 Å². The van der Waals surface area contributed by atoms with Gasteiger partial charge in [-0.3, -0.25) is 48.1 Å². The first-order valence-corrected chi connectivity index (χ1v) is 22.3. The Labute approximate surface area is 393 Å². The number of ether oxygens (including phenoxy) is 1. The summed E-state index contributed by atoms with van der Waals surface area (Å²) in [7, 11) is 1.21. The van der Waals surface area contributed by atoms with Crippen LogP contribution in [0.5, 0.6) is 5.75 Å². The molecule has 1 aromatic carbocycles. The largest absolute Gasteiger partial charge is 0.508 e. The molecule has 2 aliphatic heterocycles. The van der Waals surface area contributed by atoms with E-state index in [1.807, 2.05) is 0 Å². The van der Waals surface area contributed by atoms with Crippen LogP contribution in [0, 0.1) is 5.92 Å². The van der Waals surface area contributed by atoms with Gasteiger partial charge in [0.1, 0.15) is 60.2 Å². The van der Waals surface area contributed by atoms with Gasteiger partial charge in [0.15, 0.2) is 5.96 Å². The van der Waals surface area contributed by atoms with Crippen LogP contribution >= 0.6 is 0 Å². The Hall–Kier alpha value is -7.05. The molecular formula is C43H66N12O13. The molecule has 3 rings (SSSR count). The molecule has 9 amide bonds. The number of nitrogens with two attached hydrogens (primary N) is 3. The minimum Gasteiger partial charge on any atom is -0.508 e. The number of rotatable bonds is 14. The van der Waals surface area contributed by atoms with Crippen molar-refractivity contribution in [2.45, 2.75) is 147 Å². The summed E-state index contributed by atoms with van der Waals surface area (Å²) in [6, 6.07) is -6.38. The van der Waals surface area contributed by atoms with Crippen molar-refractivity contribution in [3.05, 3.63) is 29.8 Å². The normalized spacial score (nSPS) is 26.6. The van der Waals surface area contributed by atoms with Gasteiger partial charge in [0.2, 0.25) is 53.2 Å². The summed E-state index contributed by atoms with van der Waals surface area (Å²) in [5.74, 6) is -9.69. The van der Waals surface area contributed by atoms with Crippen LogP contribution in [-0.2, 0) is 59.1 Å². The number of benzene rings is 1. The van der Waals surface area contributed by atoms with Crippen molar-refractivity contribution in [2.24, 2.45) is 28.1 Å².